The van der Waals surface area contributed by atoms with Crippen LogP contribution < -0.4 is 22.5 Å². The highest BCUT2D eigenvalue weighted by Crippen LogP contribution is 2.14. The van der Waals surface area contributed by atoms with E-state index in [4.69, 9.17) is 4.74 Å². The second-order valence-corrected chi connectivity index (χ2v) is 5.65. The minimum absolute atomic E-state index is 0. The molecule has 0 aliphatic rings. The first-order valence-corrected chi connectivity index (χ1v) is 8.41. The van der Waals surface area contributed by atoms with Crippen LogP contribution in [-0.2, 0) is 6.42 Å². The molecule has 0 aliphatic carbocycles. The van der Waals surface area contributed by atoms with Crippen LogP contribution in [-0.4, -0.2) is 25.5 Å². The number of benzene rings is 2. The molecule has 0 radical (unpaired) electrons. The number of hydrogen-bond acceptors (Lipinski definition) is 2. The van der Waals surface area contributed by atoms with Gasteiger partial charge in [-0.05, 0) is 24.1 Å². The molecule has 0 fully saturated rings. The van der Waals surface area contributed by atoms with Crippen molar-refractivity contribution in [2.75, 3.05) is 19.7 Å². The van der Waals surface area contributed by atoms with Gasteiger partial charge in [0.15, 0.2) is 5.78 Å². The number of halogens is 1. The first kappa shape index (κ1) is 20.2. The molecule has 2 aromatic carbocycles. The molecule has 0 atom stereocenters. The molecule has 0 unspecified atom stereocenters. The van der Waals surface area contributed by atoms with Gasteiger partial charge in [0.1, 0.15) is 5.75 Å². The zero-order valence-electron chi connectivity index (χ0n) is 14.2. The number of nitrogens with two attached hydrogens (primary N) is 1. The molecular formula is C20H26ClNO2. The van der Waals surface area contributed by atoms with Gasteiger partial charge in [-0.25, -0.2) is 0 Å². The minimum atomic E-state index is 0. The molecule has 2 N–H and O–H groups in total. The Bertz CT molecular complexity index is 602. The molecule has 0 heterocycles. The summed E-state index contributed by atoms with van der Waals surface area (Å²) in [6.07, 6.45) is 2.57. The highest BCUT2D eigenvalue weighted by atomic mass is 35.5. The topological polar surface area (TPSA) is 42.9 Å². The summed E-state index contributed by atoms with van der Waals surface area (Å²) in [6, 6.07) is 17.9. The number of carbonyl (C=O) groups is 1. The third-order valence-corrected chi connectivity index (χ3v) is 3.68. The van der Waals surface area contributed by atoms with Crippen molar-refractivity contribution in [2.45, 2.75) is 26.2 Å². The van der Waals surface area contributed by atoms with E-state index in [-0.39, 0.29) is 18.2 Å². The van der Waals surface area contributed by atoms with E-state index in [1.54, 1.807) is 0 Å². The molecule has 0 spiro atoms. The van der Waals surface area contributed by atoms with Gasteiger partial charge in [0.05, 0.1) is 26.1 Å². The summed E-state index contributed by atoms with van der Waals surface area (Å²) in [4.78, 5) is 12.2. The van der Waals surface area contributed by atoms with E-state index < -0.39 is 0 Å². The smallest absolute Gasteiger partial charge is 0.168 e. The van der Waals surface area contributed by atoms with E-state index >= 15 is 0 Å². The van der Waals surface area contributed by atoms with Gasteiger partial charge in [-0.1, -0.05) is 49.4 Å². The van der Waals surface area contributed by atoms with E-state index in [9.17, 15) is 4.79 Å². The van der Waals surface area contributed by atoms with Gasteiger partial charge in [0.2, 0.25) is 0 Å². The summed E-state index contributed by atoms with van der Waals surface area (Å²) < 4.78 is 5.58. The second kappa shape index (κ2) is 11.7. The highest BCUT2D eigenvalue weighted by Gasteiger charge is 2.08. The van der Waals surface area contributed by atoms with Crippen molar-refractivity contribution in [1.82, 2.24) is 0 Å². The zero-order chi connectivity index (χ0) is 16.3. The summed E-state index contributed by atoms with van der Waals surface area (Å²) >= 11 is 0. The lowest BCUT2D eigenvalue weighted by Crippen LogP contribution is -3.00. The Morgan fingerprint density at radius 2 is 1.83 bits per heavy atom. The number of carbonyl (C=O) groups excluding carboxylic acids is 1. The highest BCUT2D eigenvalue weighted by molar-refractivity contribution is 5.96. The maximum atomic E-state index is 12.2. The number of hydrogen-bond donors (Lipinski definition) is 1. The van der Waals surface area contributed by atoms with Crippen LogP contribution in [0.4, 0.5) is 0 Å². The SMILES string of the molecule is CCCOc1cccc(C(=O)CC[NH2+]CCc2ccccc2)c1.[Cl-]. The van der Waals surface area contributed by atoms with Crippen LogP contribution in [0.5, 0.6) is 5.75 Å². The van der Waals surface area contributed by atoms with Gasteiger partial charge in [-0.3, -0.25) is 4.79 Å². The van der Waals surface area contributed by atoms with Gasteiger partial charge < -0.3 is 22.5 Å². The van der Waals surface area contributed by atoms with Crippen molar-refractivity contribution in [3.05, 3.63) is 65.7 Å². The van der Waals surface area contributed by atoms with E-state index in [0.29, 0.717) is 13.0 Å². The summed E-state index contributed by atoms with van der Waals surface area (Å²) in [5.41, 5.74) is 2.09. The lowest BCUT2D eigenvalue weighted by atomic mass is 10.1. The standard InChI is InChI=1S/C20H25NO2.ClH/c1-2-15-23-19-10-6-9-18(16-19)20(22)12-14-21-13-11-17-7-4-3-5-8-17;/h3-10,16,21H,2,11-15H2,1H3;1H. The average molecular weight is 348 g/mol. The molecule has 24 heavy (non-hydrogen) atoms. The van der Waals surface area contributed by atoms with Crippen molar-refractivity contribution < 1.29 is 27.3 Å². The van der Waals surface area contributed by atoms with Crippen LogP contribution in [0, 0.1) is 0 Å². The van der Waals surface area contributed by atoms with Crippen LogP contribution in [0.1, 0.15) is 35.7 Å². The molecule has 3 nitrogen and oxygen atoms in total. The van der Waals surface area contributed by atoms with Crippen LogP contribution in [0.25, 0.3) is 0 Å². The van der Waals surface area contributed by atoms with E-state index in [0.717, 1.165) is 37.2 Å². The number of Topliss-reactive ketones (excluding diaryl/α,β-unsaturated/α-hetero) is 1. The number of ether oxygens (including phenoxy) is 1. The quantitative estimate of drug-likeness (QED) is 0.480. The fourth-order valence-electron chi connectivity index (χ4n) is 2.41. The molecular weight excluding hydrogens is 322 g/mol. The first-order valence-electron chi connectivity index (χ1n) is 8.41. The predicted molar refractivity (Wildman–Crippen MR) is 93.0 cm³/mol. The van der Waals surface area contributed by atoms with Gasteiger partial charge >= 0.3 is 0 Å². The molecule has 0 bridgehead atoms. The summed E-state index contributed by atoms with van der Waals surface area (Å²) in [5.74, 6) is 0.966. The Labute approximate surface area is 150 Å². The van der Waals surface area contributed by atoms with Crippen molar-refractivity contribution in [3.8, 4) is 5.75 Å². The molecule has 0 saturated heterocycles. The third kappa shape index (κ3) is 7.16. The first-order chi connectivity index (χ1) is 11.3. The summed E-state index contributed by atoms with van der Waals surface area (Å²) in [5, 5.41) is 2.21. The van der Waals surface area contributed by atoms with E-state index in [1.807, 2.05) is 30.3 Å². The van der Waals surface area contributed by atoms with Crippen LogP contribution >= 0.6 is 0 Å². The van der Waals surface area contributed by atoms with Crippen LogP contribution in [0.3, 0.4) is 0 Å². The lowest BCUT2D eigenvalue weighted by molar-refractivity contribution is -0.653. The molecule has 4 heteroatoms. The molecule has 0 aliphatic heterocycles. The number of quaternary nitrogens is 1. The molecule has 2 aromatic rings. The maximum Gasteiger partial charge on any atom is 0.168 e. The van der Waals surface area contributed by atoms with E-state index in [2.05, 4.69) is 36.5 Å². The summed E-state index contributed by atoms with van der Waals surface area (Å²) in [7, 11) is 0. The summed E-state index contributed by atoms with van der Waals surface area (Å²) in [6.45, 7) is 4.59. The van der Waals surface area contributed by atoms with Gasteiger partial charge in [0, 0.05) is 12.0 Å². The molecule has 0 saturated carbocycles. The average Bonchev–Trinajstić information content (AvgIpc) is 2.60. The molecule has 0 amide bonds. The normalized spacial score (nSPS) is 10.0. The zero-order valence-corrected chi connectivity index (χ0v) is 15.0. The van der Waals surface area contributed by atoms with Gasteiger partial charge in [0.25, 0.3) is 0 Å². The Morgan fingerprint density at radius 3 is 2.58 bits per heavy atom. The van der Waals surface area contributed by atoms with Gasteiger partial charge in [-0.2, -0.15) is 0 Å². The van der Waals surface area contributed by atoms with Crippen LogP contribution in [0.15, 0.2) is 54.6 Å². The van der Waals surface area contributed by atoms with Crippen LogP contribution in [0.2, 0.25) is 0 Å². The van der Waals surface area contributed by atoms with Crippen molar-refractivity contribution in [1.29, 1.82) is 0 Å². The predicted octanol–water partition coefficient (Wildman–Crippen LogP) is -0.142. The Kier molecular flexibility index (Phi) is 9.81. The molecule has 2 rings (SSSR count). The minimum Gasteiger partial charge on any atom is -1.00 e. The Hall–Kier alpha value is -1.84. The van der Waals surface area contributed by atoms with Crippen molar-refractivity contribution in [2.24, 2.45) is 0 Å². The molecule has 130 valence electrons. The monoisotopic (exact) mass is 347 g/mol. The second-order valence-electron chi connectivity index (χ2n) is 5.65. The fraction of sp³-hybridized carbons (Fsp3) is 0.350. The largest absolute Gasteiger partial charge is 1.00 e. The van der Waals surface area contributed by atoms with Crippen molar-refractivity contribution >= 4 is 5.78 Å². The Balaban J connectivity index is 0.00000288. The fourth-order valence-corrected chi connectivity index (χ4v) is 2.41. The van der Waals surface area contributed by atoms with E-state index in [1.165, 1.54) is 5.56 Å². The molecule has 0 aromatic heterocycles. The van der Waals surface area contributed by atoms with Gasteiger partial charge in [-0.15, -0.1) is 0 Å². The maximum absolute atomic E-state index is 12.2. The Morgan fingerprint density at radius 1 is 1.04 bits per heavy atom. The number of ketones is 1. The number of rotatable bonds is 10. The third-order valence-electron chi connectivity index (χ3n) is 3.68. The lowest BCUT2D eigenvalue weighted by Gasteiger charge is -2.06. The van der Waals surface area contributed by atoms with Crippen molar-refractivity contribution in [3.63, 3.8) is 0 Å².